The summed E-state index contributed by atoms with van der Waals surface area (Å²) in [5.74, 6) is 1.81. The molecule has 0 radical (unpaired) electrons. The lowest BCUT2D eigenvalue weighted by molar-refractivity contribution is 1.10. The second-order valence-corrected chi connectivity index (χ2v) is 14.2. The second-order valence-electron chi connectivity index (χ2n) is 14.2. The molecule has 4 heteroatoms. The number of imidazole rings is 1. The molecule has 0 aliphatic heterocycles. The third kappa shape index (κ3) is 5.23. The molecule has 0 atom stereocenters. The predicted molar refractivity (Wildman–Crippen MR) is 234 cm³/mol. The van der Waals surface area contributed by atoms with E-state index in [4.69, 9.17) is 9.97 Å². The Morgan fingerprint density at radius 1 is 0.411 bits per heavy atom. The first-order valence-corrected chi connectivity index (χ1v) is 19.0. The molecule has 9 aromatic carbocycles. The maximum atomic E-state index is 5.06. The number of benzene rings is 9. The van der Waals surface area contributed by atoms with Crippen LogP contribution in [0.1, 0.15) is 0 Å². The molecule has 0 saturated heterocycles. The maximum absolute atomic E-state index is 5.06. The number of aromatic nitrogens is 3. The van der Waals surface area contributed by atoms with Gasteiger partial charge in [-0.05, 0) is 110 Å². The third-order valence-electron chi connectivity index (χ3n) is 11.0. The van der Waals surface area contributed by atoms with Crippen molar-refractivity contribution in [2.24, 2.45) is 0 Å². The molecule has 262 valence electrons. The summed E-state index contributed by atoms with van der Waals surface area (Å²) < 4.78 is 2.27. The zero-order valence-corrected chi connectivity index (χ0v) is 30.4. The van der Waals surface area contributed by atoms with Crippen LogP contribution in [-0.2, 0) is 0 Å². The van der Waals surface area contributed by atoms with Gasteiger partial charge >= 0.3 is 0 Å². The summed E-state index contributed by atoms with van der Waals surface area (Å²) in [6, 6.07) is 71.0. The molecule has 0 unspecified atom stereocenters. The number of para-hydroxylation sites is 4. The van der Waals surface area contributed by atoms with E-state index in [9.17, 15) is 0 Å². The molecule has 0 saturated carbocycles. The summed E-state index contributed by atoms with van der Waals surface area (Å²) >= 11 is 0. The normalized spacial score (nSPS) is 11.6. The molecule has 56 heavy (non-hydrogen) atoms. The Hall–Kier alpha value is -7.56. The van der Waals surface area contributed by atoms with E-state index in [1.54, 1.807) is 0 Å². The molecule has 11 aromatic rings. The van der Waals surface area contributed by atoms with Gasteiger partial charge in [-0.25, -0.2) is 9.97 Å². The predicted octanol–water partition coefficient (Wildman–Crippen LogP) is 13.8. The fourth-order valence-electron chi connectivity index (χ4n) is 8.41. The van der Waals surface area contributed by atoms with Crippen molar-refractivity contribution in [3.8, 4) is 39.3 Å². The smallest absolute Gasteiger partial charge is 0.145 e. The van der Waals surface area contributed by atoms with Gasteiger partial charge < -0.3 is 0 Å². The number of hydrogen-bond donors (Lipinski definition) is 0. The van der Waals surface area contributed by atoms with Gasteiger partial charge in [-0.3, -0.25) is 9.47 Å². The molecule has 0 fully saturated rings. The van der Waals surface area contributed by atoms with Crippen LogP contribution in [0.15, 0.2) is 206 Å². The van der Waals surface area contributed by atoms with Crippen LogP contribution in [0.2, 0.25) is 0 Å². The second kappa shape index (κ2) is 13.1. The van der Waals surface area contributed by atoms with E-state index >= 15 is 0 Å². The monoisotopic (exact) mass is 714 g/mol. The zero-order valence-electron chi connectivity index (χ0n) is 30.4. The van der Waals surface area contributed by atoms with Crippen molar-refractivity contribution < 1.29 is 0 Å². The lowest BCUT2D eigenvalue weighted by Gasteiger charge is -2.24. The number of rotatable bonds is 7. The first-order valence-electron chi connectivity index (χ1n) is 19.0. The summed E-state index contributed by atoms with van der Waals surface area (Å²) in [5, 5.41) is 7.53. The van der Waals surface area contributed by atoms with Crippen molar-refractivity contribution in [2.45, 2.75) is 0 Å². The van der Waals surface area contributed by atoms with Gasteiger partial charge in [-0.15, -0.1) is 0 Å². The summed E-state index contributed by atoms with van der Waals surface area (Å²) in [6.45, 7) is 0. The SMILES string of the molecule is c1ccc(-c2nc3ccccc3n2-c2ccc(-c3ccc4ccc5c(-c6ccc(N(c7ccccc7)c7ccccc7)nc6)ccc6ccc3c4c65)cc2)cc1. The molecule has 0 amide bonds. The highest BCUT2D eigenvalue weighted by Crippen LogP contribution is 2.43. The van der Waals surface area contributed by atoms with Crippen molar-refractivity contribution in [2.75, 3.05) is 4.90 Å². The summed E-state index contributed by atoms with van der Waals surface area (Å²) in [7, 11) is 0. The van der Waals surface area contributed by atoms with Crippen LogP contribution in [0, 0.1) is 0 Å². The van der Waals surface area contributed by atoms with Crippen molar-refractivity contribution in [3.63, 3.8) is 0 Å². The first-order chi connectivity index (χ1) is 27.8. The van der Waals surface area contributed by atoms with E-state index < -0.39 is 0 Å². The Morgan fingerprint density at radius 3 is 1.55 bits per heavy atom. The summed E-state index contributed by atoms with van der Waals surface area (Å²) in [4.78, 5) is 12.3. The fourth-order valence-corrected chi connectivity index (χ4v) is 8.41. The van der Waals surface area contributed by atoms with Crippen molar-refractivity contribution in [3.05, 3.63) is 206 Å². The van der Waals surface area contributed by atoms with Crippen LogP contribution in [0.5, 0.6) is 0 Å². The molecule has 0 aliphatic rings. The number of nitrogens with zero attached hydrogens (tertiary/aromatic N) is 4. The molecule has 0 aliphatic carbocycles. The molecule has 0 N–H and O–H groups in total. The van der Waals surface area contributed by atoms with Crippen LogP contribution >= 0.6 is 0 Å². The average molecular weight is 715 g/mol. The van der Waals surface area contributed by atoms with Crippen molar-refractivity contribution >= 4 is 60.5 Å². The van der Waals surface area contributed by atoms with Gasteiger partial charge in [-0.2, -0.15) is 0 Å². The molecular weight excluding hydrogens is 681 g/mol. The highest BCUT2D eigenvalue weighted by molar-refractivity contribution is 6.27. The van der Waals surface area contributed by atoms with Gasteiger partial charge in [0.2, 0.25) is 0 Å². The number of fused-ring (bicyclic) bond motifs is 1. The fraction of sp³-hybridized carbons (Fsp3) is 0. The topological polar surface area (TPSA) is 34.0 Å². The van der Waals surface area contributed by atoms with E-state index in [1.165, 1.54) is 49.0 Å². The highest BCUT2D eigenvalue weighted by Gasteiger charge is 2.18. The van der Waals surface area contributed by atoms with Gasteiger partial charge in [-0.1, -0.05) is 140 Å². The van der Waals surface area contributed by atoms with Crippen molar-refractivity contribution in [1.82, 2.24) is 14.5 Å². The van der Waals surface area contributed by atoms with Gasteiger partial charge in [0.1, 0.15) is 11.6 Å². The van der Waals surface area contributed by atoms with Gasteiger partial charge in [0.15, 0.2) is 0 Å². The minimum absolute atomic E-state index is 0.872. The van der Waals surface area contributed by atoms with E-state index in [1.807, 2.05) is 30.5 Å². The first kappa shape index (κ1) is 31.9. The van der Waals surface area contributed by atoms with Crippen LogP contribution in [-0.4, -0.2) is 14.5 Å². The summed E-state index contributed by atoms with van der Waals surface area (Å²) in [5.41, 5.74) is 11.0. The molecule has 2 heterocycles. The Labute approximate surface area is 324 Å². The molecule has 0 bridgehead atoms. The minimum atomic E-state index is 0.872. The van der Waals surface area contributed by atoms with E-state index in [0.29, 0.717) is 0 Å². The number of anilines is 3. The zero-order chi connectivity index (χ0) is 37.0. The Bertz CT molecular complexity index is 3110. The van der Waals surface area contributed by atoms with Gasteiger partial charge in [0.25, 0.3) is 0 Å². The minimum Gasteiger partial charge on any atom is -0.295 e. The molecule has 0 spiro atoms. The number of hydrogen-bond acceptors (Lipinski definition) is 3. The Balaban J connectivity index is 0.998. The summed E-state index contributed by atoms with van der Waals surface area (Å²) in [6.07, 6.45) is 2.01. The number of pyridine rings is 1. The van der Waals surface area contributed by atoms with E-state index in [-0.39, 0.29) is 0 Å². The average Bonchev–Trinajstić information content (AvgIpc) is 3.67. The lowest BCUT2D eigenvalue weighted by Crippen LogP contribution is -2.11. The largest absolute Gasteiger partial charge is 0.295 e. The quantitative estimate of drug-likeness (QED) is 0.154. The molecule has 4 nitrogen and oxygen atoms in total. The van der Waals surface area contributed by atoms with Crippen LogP contribution < -0.4 is 4.90 Å². The van der Waals surface area contributed by atoms with E-state index in [2.05, 4.69) is 185 Å². The Morgan fingerprint density at radius 2 is 0.946 bits per heavy atom. The lowest BCUT2D eigenvalue weighted by atomic mass is 9.87. The maximum Gasteiger partial charge on any atom is 0.145 e. The third-order valence-corrected chi connectivity index (χ3v) is 11.0. The standard InChI is InChI=1S/C52H34N4/c1-4-12-38(13-5-1)52-54-47-18-10-11-19-48(47)56(52)42-27-20-35(21-28-42)43-29-22-36-25-32-46-44(30-23-37-24-31-45(43)50(36)51(37)46)39-26-33-49(53-34-39)55(40-14-6-2-7-15-40)41-16-8-3-9-17-41/h1-34H. The molecule has 2 aromatic heterocycles. The van der Waals surface area contributed by atoms with Crippen LogP contribution in [0.3, 0.4) is 0 Å². The van der Waals surface area contributed by atoms with Crippen LogP contribution in [0.4, 0.5) is 17.2 Å². The van der Waals surface area contributed by atoms with Gasteiger partial charge in [0.05, 0.1) is 11.0 Å². The van der Waals surface area contributed by atoms with E-state index in [0.717, 1.165) is 50.9 Å². The van der Waals surface area contributed by atoms with Gasteiger partial charge in [0, 0.05) is 34.4 Å². The highest BCUT2D eigenvalue weighted by atomic mass is 15.2. The van der Waals surface area contributed by atoms with Crippen LogP contribution in [0.25, 0.3) is 82.7 Å². The molecular formula is C52H34N4. The molecule has 11 rings (SSSR count). The van der Waals surface area contributed by atoms with Crippen molar-refractivity contribution in [1.29, 1.82) is 0 Å². The Kier molecular flexibility index (Phi) is 7.46.